The van der Waals surface area contributed by atoms with Gasteiger partial charge in [0.15, 0.2) is 5.03 Å². The molecule has 0 atom stereocenters. The van der Waals surface area contributed by atoms with Crippen molar-refractivity contribution in [2.75, 3.05) is 0 Å². The minimum Gasteiger partial charge on any atom is -0.269 e. The number of hydrogen-bond acceptors (Lipinski definition) is 3. The van der Waals surface area contributed by atoms with Gasteiger partial charge in [-0.1, -0.05) is 35.8 Å². The van der Waals surface area contributed by atoms with Gasteiger partial charge in [-0.25, -0.2) is 10.1 Å². The highest BCUT2D eigenvalue weighted by molar-refractivity contribution is 5.74. The zero-order valence-electron chi connectivity index (χ0n) is 7.47. The van der Waals surface area contributed by atoms with Crippen molar-refractivity contribution in [2.45, 2.75) is 12.8 Å². The number of carbonyl (C=O) groups excluding carboxylic acids is 1. The monoisotopic (exact) mass is 194 g/mol. The highest BCUT2D eigenvalue weighted by Gasteiger charge is 2.06. The second kappa shape index (κ2) is 4.96. The summed E-state index contributed by atoms with van der Waals surface area (Å²) >= 11 is 0. The lowest BCUT2D eigenvalue weighted by Crippen LogP contribution is -2.29. The maximum atomic E-state index is 10.9. The first-order chi connectivity index (χ1) is 6.68. The normalized spacial score (nSPS) is 9.43. The van der Waals surface area contributed by atoms with Crippen molar-refractivity contribution >= 4 is 5.91 Å². The van der Waals surface area contributed by atoms with E-state index in [0.29, 0.717) is 6.42 Å². The molecule has 74 valence electrons. The van der Waals surface area contributed by atoms with Crippen LogP contribution >= 0.6 is 0 Å². The molecule has 0 aliphatic carbocycles. The number of benzene rings is 1. The van der Waals surface area contributed by atoms with Gasteiger partial charge in [-0.05, 0) is 12.0 Å². The van der Waals surface area contributed by atoms with Crippen LogP contribution in [-0.4, -0.2) is 10.9 Å². The van der Waals surface area contributed by atoms with Gasteiger partial charge in [0.25, 0.3) is 5.91 Å². The lowest BCUT2D eigenvalue weighted by molar-refractivity contribution is -0.530. The summed E-state index contributed by atoms with van der Waals surface area (Å²) in [6.45, 7) is 0. The van der Waals surface area contributed by atoms with Crippen molar-refractivity contribution in [3.8, 4) is 0 Å². The van der Waals surface area contributed by atoms with Gasteiger partial charge >= 0.3 is 0 Å². The molecule has 0 aliphatic heterocycles. The lowest BCUT2D eigenvalue weighted by atomic mass is 10.1. The van der Waals surface area contributed by atoms with Crippen molar-refractivity contribution in [1.82, 2.24) is 5.43 Å². The smallest absolute Gasteiger partial charge is 0.269 e. The Labute approximate surface area is 80.9 Å². The van der Waals surface area contributed by atoms with E-state index in [0.717, 1.165) is 5.56 Å². The number of rotatable bonds is 4. The zero-order chi connectivity index (χ0) is 10.4. The van der Waals surface area contributed by atoms with E-state index in [1.54, 1.807) is 5.43 Å². The molecular weight excluding hydrogens is 184 g/mol. The van der Waals surface area contributed by atoms with Gasteiger partial charge in [0.1, 0.15) is 0 Å². The number of nitrogens with one attached hydrogen (secondary N) is 1. The highest BCUT2D eigenvalue weighted by Crippen LogP contribution is 2.01. The second-order valence-corrected chi connectivity index (χ2v) is 2.78. The van der Waals surface area contributed by atoms with Crippen LogP contribution in [0.5, 0.6) is 0 Å². The maximum absolute atomic E-state index is 10.9. The molecule has 1 aromatic rings. The van der Waals surface area contributed by atoms with Gasteiger partial charge in [-0.3, -0.25) is 4.79 Å². The molecule has 1 amide bonds. The average Bonchev–Trinajstić information content (AvgIpc) is 2.15. The number of carbonyl (C=O) groups is 1. The molecule has 14 heavy (non-hydrogen) atoms. The Morgan fingerprint density at radius 1 is 1.36 bits per heavy atom. The minimum absolute atomic E-state index is 0.130. The molecule has 0 radical (unpaired) electrons. The Morgan fingerprint density at radius 2 is 2.00 bits per heavy atom. The first-order valence-corrected chi connectivity index (χ1v) is 4.16. The van der Waals surface area contributed by atoms with Crippen LogP contribution in [0.1, 0.15) is 12.0 Å². The third-order valence-corrected chi connectivity index (χ3v) is 1.70. The molecule has 0 bridgehead atoms. The summed E-state index contributed by atoms with van der Waals surface area (Å²) in [6.07, 6.45) is 0.644. The topological polar surface area (TPSA) is 72.2 Å². The van der Waals surface area contributed by atoms with Crippen LogP contribution in [0.2, 0.25) is 0 Å². The van der Waals surface area contributed by atoms with Crippen LogP contribution in [0.15, 0.2) is 30.3 Å². The fourth-order valence-electron chi connectivity index (χ4n) is 1.06. The van der Waals surface area contributed by atoms with Gasteiger partial charge in [-0.2, -0.15) is 0 Å². The quantitative estimate of drug-likeness (QED) is 0.572. The minimum atomic E-state index is -0.840. The molecule has 5 heteroatoms. The van der Waals surface area contributed by atoms with Crippen LogP contribution < -0.4 is 5.43 Å². The summed E-state index contributed by atoms with van der Waals surface area (Å²) in [6, 6.07) is 9.35. The highest BCUT2D eigenvalue weighted by atomic mass is 16.7. The molecule has 1 aromatic carbocycles. The summed E-state index contributed by atoms with van der Waals surface area (Å²) in [5, 5.41) is 9.05. The Kier molecular flexibility index (Phi) is 3.60. The van der Waals surface area contributed by atoms with Gasteiger partial charge < -0.3 is 0 Å². The predicted molar refractivity (Wildman–Crippen MR) is 49.9 cm³/mol. The molecule has 0 spiro atoms. The molecule has 1 N–H and O–H groups in total. The molecule has 5 nitrogen and oxygen atoms in total. The molecule has 0 aliphatic rings. The Hall–Kier alpha value is -1.91. The Morgan fingerprint density at radius 3 is 2.57 bits per heavy atom. The zero-order valence-corrected chi connectivity index (χ0v) is 7.47. The van der Waals surface area contributed by atoms with Crippen LogP contribution in [0, 0.1) is 10.1 Å². The Balaban J connectivity index is 2.34. The summed E-state index contributed by atoms with van der Waals surface area (Å²) < 4.78 is 0. The number of nitrogens with zero attached hydrogens (tertiary/aromatic N) is 1. The molecule has 0 fully saturated rings. The van der Waals surface area contributed by atoms with E-state index in [2.05, 4.69) is 0 Å². The molecule has 0 aromatic heterocycles. The van der Waals surface area contributed by atoms with E-state index in [4.69, 9.17) is 0 Å². The fourth-order valence-corrected chi connectivity index (χ4v) is 1.06. The van der Waals surface area contributed by atoms with E-state index in [9.17, 15) is 14.9 Å². The van der Waals surface area contributed by atoms with Crippen molar-refractivity contribution in [1.29, 1.82) is 0 Å². The van der Waals surface area contributed by atoms with Crippen LogP contribution in [0.3, 0.4) is 0 Å². The molecular formula is C9H10N2O3. The molecule has 0 saturated carbocycles. The first kappa shape index (κ1) is 10.2. The summed E-state index contributed by atoms with van der Waals surface area (Å²) in [4.78, 5) is 20.8. The maximum Gasteiger partial charge on any atom is 0.280 e. The SMILES string of the molecule is O=C(CCc1ccccc1)N[N+](=O)[O-]. The van der Waals surface area contributed by atoms with Gasteiger partial charge in [-0.15, -0.1) is 0 Å². The van der Waals surface area contributed by atoms with E-state index in [1.807, 2.05) is 30.3 Å². The third kappa shape index (κ3) is 3.66. The van der Waals surface area contributed by atoms with E-state index in [-0.39, 0.29) is 6.42 Å². The van der Waals surface area contributed by atoms with Crippen LogP contribution in [0.4, 0.5) is 0 Å². The standard InChI is InChI=1S/C9H10N2O3/c12-9(10-11(13)14)7-6-8-4-2-1-3-5-8/h1-5H,6-7H2,(H,10,12). The molecule has 0 unspecified atom stereocenters. The predicted octanol–water partition coefficient (Wildman–Crippen LogP) is 0.927. The number of nitro groups is 1. The van der Waals surface area contributed by atoms with E-state index >= 15 is 0 Å². The summed E-state index contributed by atoms with van der Waals surface area (Å²) in [7, 11) is 0. The van der Waals surface area contributed by atoms with Gasteiger partial charge in [0.05, 0.1) is 0 Å². The van der Waals surface area contributed by atoms with E-state index in [1.165, 1.54) is 0 Å². The van der Waals surface area contributed by atoms with Crippen molar-refractivity contribution in [2.24, 2.45) is 0 Å². The van der Waals surface area contributed by atoms with Crippen LogP contribution in [0.25, 0.3) is 0 Å². The van der Waals surface area contributed by atoms with Gasteiger partial charge in [0.2, 0.25) is 0 Å². The fraction of sp³-hybridized carbons (Fsp3) is 0.222. The third-order valence-electron chi connectivity index (χ3n) is 1.70. The van der Waals surface area contributed by atoms with E-state index < -0.39 is 10.9 Å². The second-order valence-electron chi connectivity index (χ2n) is 2.78. The van der Waals surface area contributed by atoms with Gasteiger partial charge in [0, 0.05) is 6.42 Å². The van der Waals surface area contributed by atoms with Crippen molar-refractivity contribution in [3.05, 3.63) is 46.0 Å². The largest absolute Gasteiger partial charge is 0.280 e. The lowest BCUT2D eigenvalue weighted by Gasteiger charge is -1.98. The molecule has 0 heterocycles. The number of hydrogen-bond donors (Lipinski definition) is 1. The molecule has 1 rings (SSSR count). The van der Waals surface area contributed by atoms with Crippen molar-refractivity contribution in [3.63, 3.8) is 0 Å². The summed E-state index contributed by atoms with van der Waals surface area (Å²) in [5.74, 6) is -0.571. The molecule has 0 saturated heterocycles. The average molecular weight is 194 g/mol. The number of amides is 1. The van der Waals surface area contributed by atoms with Crippen molar-refractivity contribution < 1.29 is 9.83 Å². The number of aryl methyl sites for hydroxylation is 1. The summed E-state index contributed by atoms with van der Waals surface area (Å²) in [5.41, 5.74) is 2.59. The number of hydrazine groups is 1. The Bertz CT molecular complexity index is 324. The van der Waals surface area contributed by atoms with Crippen LogP contribution in [-0.2, 0) is 11.2 Å². The first-order valence-electron chi connectivity index (χ1n) is 4.16.